The van der Waals surface area contributed by atoms with Crippen LogP contribution in [0.4, 0.5) is 5.69 Å². The summed E-state index contributed by atoms with van der Waals surface area (Å²) in [6.07, 6.45) is 3.61. The number of para-hydroxylation sites is 1. The van der Waals surface area contributed by atoms with Crippen molar-refractivity contribution in [1.29, 1.82) is 5.41 Å². The summed E-state index contributed by atoms with van der Waals surface area (Å²) < 4.78 is 29.8. The van der Waals surface area contributed by atoms with E-state index in [-0.39, 0.29) is 54.4 Å². The molecule has 2 aliphatic rings. The van der Waals surface area contributed by atoms with E-state index in [1.54, 1.807) is 17.0 Å². The number of hydrogen-bond acceptors (Lipinski definition) is 7. The van der Waals surface area contributed by atoms with Gasteiger partial charge in [-0.3, -0.25) is 19.8 Å². The summed E-state index contributed by atoms with van der Waals surface area (Å²) >= 11 is 0. The Balaban J connectivity index is 1.62. The number of nitrogens with two attached hydrogens (primary N) is 1. The first kappa shape index (κ1) is 32.1. The second-order valence-corrected chi connectivity index (χ2v) is 12.6. The van der Waals surface area contributed by atoms with Crippen LogP contribution in [-0.2, 0) is 30.8 Å². The average molecular weight is 594 g/mol. The van der Waals surface area contributed by atoms with Gasteiger partial charge in [-0.15, -0.1) is 0 Å². The van der Waals surface area contributed by atoms with Crippen molar-refractivity contribution in [2.45, 2.75) is 69.2 Å². The van der Waals surface area contributed by atoms with Crippen molar-refractivity contribution in [2.75, 3.05) is 38.0 Å². The molecule has 1 fully saturated rings. The summed E-state index contributed by atoms with van der Waals surface area (Å²) in [5.41, 5.74) is 6.87. The number of rotatable bonds is 14. The van der Waals surface area contributed by atoms with Crippen LogP contribution in [-0.4, -0.2) is 80.9 Å². The topological polar surface area (TPSA) is 207 Å². The number of anilines is 1. The number of carbonyl (C=O) groups excluding carboxylic acids is 2. The van der Waals surface area contributed by atoms with E-state index in [0.29, 0.717) is 63.5 Å². The standard InChI is InChI=1S/C27H43N7O6S/c1-18-16-20-4-2-6-22(25(20)32-17-18)41(39,40)33-21(5-3-12-31-27(28)29)26(38)34-14-10-19(11-15-34)7-8-23(35)30-13-9-24(36)37/h2,4,6,18-19,21,32-33H,3,5,7-17H2,1H3,(H,30,35)(H,36,37)(H4,28,29,31)/t18?,21-/m0/s1. The highest BCUT2D eigenvalue weighted by Gasteiger charge is 2.33. The van der Waals surface area contributed by atoms with Crippen molar-refractivity contribution in [3.05, 3.63) is 23.8 Å². The lowest BCUT2D eigenvalue weighted by Gasteiger charge is -2.34. The first-order valence-corrected chi connectivity index (χ1v) is 15.7. The largest absolute Gasteiger partial charge is 0.481 e. The van der Waals surface area contributed by atoms with Crippen LogP contribution in [0.5, 0.6) is 0 Å². The second-order valence-electron chi connectivity index (χ2n) is 10.9. The Bertz CT molecular complexity index is 1200. The Labute approximate surface area is 241 Å². The number of guanidine groups is 1. The first-order valence-electron chi connectivity index (χ1n) is 14.2. The molecule has 41 heavy (non-hydrogen) atoms. The fourth-order valence-electron chi connectivity index (χ4n) is 5.30. The third-order valence-electron chi connectivity index (χ3n) is 7.55. The van der Waals surface area contributed by atoms with Gasteiger partial charge in [-0.2, -0.15) is 4.72 Å². The number of amides is 2. The molecule has 2 amide bonds. The molecule has 1 aromatic carbocycles. The number of aliphatic carboxylic acids is 1. The molecule has 14 heteroatoms. The Morgan fingerprint density at radius 3 is 2.59 bits per heavy atom. The number of carboxylic acids is 1. The van der Waals surface area contributed by atoms with Gasteiger partial charge in [0.2, 0.25) is 21.8 Å². The fourth-order valence-corrected chi connectivity index (χ4v) is 6.75. The van der Waals surface area contributed by atoms with Crippen LogP contribution < -0.4 is 26.4 Å². The Hall–Kier alpha value is -3.39. The Kier molecular flexibility index (Phi) is 11.8. The van der Waals surface area contributed by atoms with Gasteiger partial charge < -0.3 is 31.7 Å². The highest BCUT2D eigenvalue weighted by Crippen LogP contribution is 2.31. The molecule has 1 unspecified atom stereocenters. The van der Waals surface area contributed by atoms with E-state index in [1.165, 1.54) is 0 Å². The molecule has 1 saturated heterocycles. The third kappa shape index (κ3) is 9.88. The zero-order valence-corrected chi connectivity index (χ0v) is 24.4. The Morgan fingerprint density at radius 1 is 1.17 bits per heavy atom. The molecule has 13 nitrogen and oxygen atoms in total. The van der Waals surface area contributed by atoms with E-state index >= 15 is 0 Å². The summed E-state index contributed by atoms with van der Waals surface area (Å²) in [6, 6.07) is 4.20. The van der Waals surface area contributed by atoms with Crippen LogP contribution in [0.25, 0.3) is 0 Å². The van der Waals surface area contributed by atoms with Crippen molar-refractivity contribution >= 4 is 39.5 Å². The highest BCUT2D eigenvalue weighted by molar-refractivity contribution is 7.89. The summed E-state index contributed by atoms with van der Waals surface area (Å²) in [5.74, 6) is -1.03. The number of benzene rings is 1. The smallest absolute Gasteiger partial charge is 0.305 e. The normalized spacial score (nSPS) is 18.1. The third-order valence-corrected chi connectivity index (χ3v) is 9.06. The van der Waals surface area contributed by atoms with Crippen molar-refractivity contribution in [3.63, 3.8) is 0 Å². The lowest BCUT2D eigenvalue weighted by molar-refractivity contribution is -0.137. The summed E-state index contributed by atoms with van der Waals surface area (Å²) in [7, 11) is -4.03. The van der Waals surface area contributed by atoms with Crippen LogP contribution >= 0.6 is 0 Å². The number of piperidine rings is 1. The minimum Gasteiger partial charge on any atom is -0.481 e. The number of hydrogen-bond donors (Lipinski definition) is 7. The maximum atomic E-state index is 13.6. The van der Waals surface area contributed by atoms with E-state index in [4.69, 9.17) is 16.2 Å². The molecule has 0 bridgehead atoms. The molecular formula is C27H43N7O6S. The molecule has 8 N–H and O–H groups in total. The highest BCUT2D eigenvalue weighted by atomic mass is 32.2. The molecule has 1 aromatic rings. The second kappa shape index (κ2) is 15.0. The maximum Gasteiger partial charge on any atom is 0.305 e. The van der Waals surface area contributed by atoms with Crippen molar-refractivity contribution < 1.29 is 27.9 Å². The molecule has 0 saturated carbocycles. The maximum absolute atomic E-state index is 13.6. The minimum atomic E-state index is -4.03. The predicted molar refractivity (Wildman–Crippen MR) is 155 cm³/mol. The van der Waals surface area contributed by atoms with Gasteiger partial charge in [0.05, 0.1) is 12.1 Å². The molecule has 0 aliphatic carbocycles. The molecule has 2 aliphatic heterocycles. The van der Waals surface area contributed by atoms with Crippen molar-refractivity contribution in [3.8, 4) is 0 Å². The van der Waals surface area contributed by atoms with E-state index in [2.05, 4.69) is 27.6 Å². The number of carboxylic acid groups (broad SMARTS) is 1. The van der Waals surface area contributed by atoms with E-state index in [9.17, 15) is 22.8 Å². The fraction of sp³-hybridized carbons (Fsp3) is 0.630. The van der Waals surface area contributed by atoms with Crippen molar-refractivity contribution in [1.82, 2.24) is 20.3 Å². The summed E-state index contributed by atoms with van der Waals surface area (Å²) in [4.78, 5) is 38.0. The molecule has 228 valence electrons. The molecular weight excluding hydrogens is 550 g/mol. The molecule has 2 heterocycles. The van der Waals surface area contributed by atoms with E-state index in [1.807, 2.05) is 6.07 Å². The van der Waals surface area contributed by atoms with Crippen LogP contribution in [0, 0.1) is 17.2 Å². The summed E-state index contributed by atoms with van der Waals surface area (Å²) in [6.45, 7) is 4.10. The van der Waals surface area contributed by atoms with Gasteiger partial charge in [-0.1, -0.05) is 19.1 Å². The van der Waals surface area contributed by atoms with Gasteiger partial charge in [0.15, 0.2) is 5.96 Å². The molecule has 0 aromatic heterocycles. The van der Waals surface area contributed by atoms with Crippen LogP contribution in [0.1, 0.15) is 57.4 Å². The van der Waals surface area contributed by atoms with Crippen molar-refractivity contribution in [2.24, 2.45) is 17.6 Å². The number of nitrogens with zero attached hydrogens (tertiary/aromatic N) is 1. The molecule has 0 spiro atoms. The number of likely N-dealkylation sites (tertiary alicyclic amines) is 1. The lowest BCUT2D eigenvalue weighted by Crippen LogP contribution is -2.51. The van der Waals surface area contributed by atoms with Crippen LogP contribution in [0.3, 0.4) is 0 Å². The van der Waals surface area contributed by atoms with Gasteiger partial charge in [0, 0.05) is 39.1 Å². The number of sulfonamides is 1. The summed E-state index contributed by atoms with van der Waals surface area (Å²) in [5, 5.41) is 24.6. The first-order chi connectivity index (χ1) is 19.5. The zero-order valence-electron chi connectivity index (χ0n) is 23.6. The average Bonchev–Trinajstić information content (AvgIpc) is 2.92. The number of carbonyl (C=O) groups is 3. The van der Waals surface area contributed by atoms with E-state index < -0.39 is 22.0 Å². The minimum absolute atomic E-state index is 0.0985. The monoisotopic (exact) mass is 593 g/mol. The predicted octanol–water partition coefficient (Wildman–Crippen LogP) is 0.811. The quantitative estimate of drug-likeness (QED) is 0.0924. The lowest BCUT2D eigenvalue weighted by atomic mass is 9.91. The van der Waals surface area contributed by atoms with Gasteiger partial charge in [0.25, 0.3) is 0 Å². The van der Waals surface area contributed by atoms with Gasteiger partial charge in [-0.25, -0.2) is 8.42 Å². The molecule has 2 atom stereocenters. The number of nitrogens with one attached hydrogen (secondary N) is 5. The Morgan fingerprint density at radius 2 is 1.90 bits per heavy atom. The van der Waals surface area contributed by atoms with Gasteiger partial charge in [-0.05, 0) is 62.0 Å². The van der Waals surface area contributed by atoms with Gasteiger partial charge in [0.1, 0.15) is 10.9 Å². The number of fused-ring (bicyclic) bond motifs is 1. The van der Waals surface area contributed by atoms with E-state index in [0.717, 1.165) is 12.0 Å². The molecule has 3 rings (SSSR count). The van der Waals surface area contributed by atoms with Crippen LogP contribution in [0.2, 0.25) is 0 Å². The molecule has 0 radical (unpaired) electrons. The zero-order chi connectivity index (χ0) is 30.0. The van der Waals surface area contributed by atoms with Gasteiger partial charge >= 0.3 is 5.97 Å². The van der Waals surface area contributed by atoms with Crippen LogP contribution in [0.15, 0.2) is 23.1 Å². The SMILES string of the molecule is CC1CNc2c(cccc2S(=O)(=O)N[C@@H](CCCNC(=N)N)C(=O)N2CCC(CCC(=O)NCCC(=O)O)CC2)C1.